The van der Waals surface area contributed by atoms with E-state index in [9.17, 15) is 14.4 Å². The number of benzene rings is 2. The zero-order valence-electron chi connectivity index (χ0n) is 16.2. The number of fused-ring (bicyclic) bond motifs is 1. The Bertz CT molecular complexity index is 1300. The first kappa shape index (κ1) is 20.0. The summed E-state index contributed by atoms with van der Waals surface area (Å²) in [5.74, 6) is -0.355. The average molecular weight is 420 g/mol. The van der Waals surface area contributed by atoms with E-state index in [1.165, 1.54) is 4.57 Å². The number of carbonyl (C=O) groups excluding carboxylic acids is 1. The molecule has 2 aromatic heterocycles. The predicted octanol–water partition coefficient (Wildman–Crippen LogP) is 2.69. The molecule has 0 aliphatic heterocycles. The van der Waals surface area contributed by atoms with Gasteiger partial charge in [-0.3, -0.25) is 18.7 Å². The van der Waals surface area contributed by atoms with Gasteiger partial charge in [-0.1, -0.05) is 42.5 Å². The second kappa shape index (κ2) is 8.61. The summed E-state index contributed by atoms with van der Waals surface area (Å²) in [6.07, 6.45) is 0.614. The average Bonchev–Trinajstić information content (AvgIpc) is 3.30. The second-order valence-electron chi connectivity index (χ2n) is 6.95. The molecule has 6 nitrogen and oxygen atoms in total. The van der Waals surface area contributed by atoms with E-state index < -0.39 is 6.61 Å². The van der Waals surface area contributed by atoms with Crippen LogP contribution in [0, 0.1) is 0 Å². The van der Waals surface area contributed by atoms with Gasteiger partial charge < -0.3 is 5.11 Å². The van der Waals surface area contributed by atoms with Crippen LogP contribution in [0.3, 0.4) is 0 Å². The molecule has 0 bridgehead atoms. The van der Waals surface area contributed by atoms with Crippen molar-refractivity contribution < 1.29 is 9.90 Å². The Kier molecular flexibility index (Phi) is 5.74. The molecule has 0 atom stereocenters. The highest BCUT2D eigenvalue weighted by atomic mass is 32.1. The molecule has 0 aliphatic rings. The van der Waals surface area contributed by atoms with Crippen molar-refractivity contribution in [2.75, 3.05) is 6.61 Å². The molecule has 0 fully saturated rings. The maximum atomic E-state index is 13.2. The highest BCUT2D eigenvalue weighted by Gasteiger charge is 2.14. The van der Waals surface area contributed by atoms with Crippen molar-refractivity contribution in [3.63, 3.8) is 0 Å². The van der Waals surface area contributed by atoms with Crippen molar-refractivity contribution in [1.29, 1.82) is 0 Å². The van der Waals surface area contributed by atoms with Gasteiger partial charge in [0.25, 0.3) is 5.56 Å². The largest absolute Gasteiger partial charge is 0.388 e. The van der Waals surface area contributed by atoms with Crippen molar-refractivity contribution in [3.05, 3.63) is 103 Å². The van der Waals surface area contributed by atoms with Crippen LogP contribution in [-0.4, -0.2) is 26.6 Å². The Labute approximate surface area is 176 Å². The molecular weight excluding hydrogens is 400 g/mol. The Hall–Kier alpha value is -3.29. The van der Waals surface area contributed by atoms with Crippen LogP contribution >= 0.6 is 11.3 Å². The Morgan fingerprint density at radius 1 is 0.933 bits per heavy atom. The second-order valence-corrected chi connectivity index (χ2v) is 7.98. The third-order valence-electron chi connectivity index (χ3n) is 5.05. The normalized spacial score (nSPS) is 11.1. The summed E-state index contributed by atoms with van der Waals surface area (Å²) in [6.45, 7) is 0.0395. The molecule has 0 spiro atoms. The minimum absolute atomic E-state index is 0.270. The molecule has 2 aromatic carbocycles. The maximum Gasteiger partial charge on any atom is 0.331 e. The fourth-order valence-corrected chi connectivity index (χ4v) is 4.17. The van der Waals surface area contributed by atoms with Gasteiger partial charge in [0.1, 0.15) is 6.61 Å². The molecule has 4 rings (SSSR count). The summed E-state index contributed by atoms with van der Waals surface area (Å²) in [5, 5.41) is 11.5. The zero-order valence-corrected chi connectivity index (χ0v) is 17.0. The molecule has 0 saturated carbocycles. The monoisotopic (exact) mass is 420 g/mol. The van der Waals surface area contributed by atoms with E-state index in [2.05, 4.69) is 0 Å². The molecule has 7 heteroatoms. The molecule has 0 saturated heterocycles. The van der Waals surface area contributed by atoms with Gasteiger partial charge in [-0.2, -0.15) is 0 Å². The number of Topliss-reactive ketones (excluding diaryl/α,β-unsaturated/α-hetero) is 1. The molecule has 0 amide bonds. The van der Waals surface area contributed by atoms with E-state index >= 15 is 0 Å². The summed E-state index contributed by atoms with van der Waals surface area (Å²) in [6, 6.07) is 17.8. The third kappa shape index (κ3) is 3.90. The smallest absolute Gasteiger partial charge is 0.331 e. The number of thiophene rings is 1. The molecule has 0 radical (unpaired) electrons. The fraction of sp³-hybridized carbons (Fsp3) is 0.174. The molecule has 4 aromatic rings. The maximum absolute atomic E-state index is 13.2. The van der Waals surface area contributed by atoms with Gasteiger partial charge in [-0.15, -0.1) is 11.3 Å². The number of nitrogens with zero attached hydrogens (tertiary/aromatic N) is 2. The van der Waals surface area contributed by atoms with Crippen LogP contribution in [0.25, 0.3) is 10.9 Å². The predicted molar refractivity (Wildman–Crippen MR) is 117 cm³/mol. The van der Waals surface area contributed by atoms with Crippen LogP contribution < -0.4 is 11.2 Å². The number of aryl methyl sites for hydroxylation is 1. The lowest BCUT2D eigenvalue weighted by Gasteiger charge is -2.14. The Morgan fingerprint density at radius 2 is 1.70 bits per heavy atom. The van der Waals surface area contributed by atoms with Crippen molar-refractivity contribution in [1.82, 2.24) is 9.13 Å². The molecule has 2 heterocycles. The van der Waals surface area contributed by atoms with Gasteiger partial charge in [0.2, 0.25) is 0 Å². The van der Waals surface area contributed by atoms with E-state index in [1.807, 2.05) is 17.5 Å². The number of para-hydroxylation sites is 1. The Morgan fingerprint density at radius 3 is 2.40 bits per heavy atom. The summed E-state index contributed by atoms with van der Waals surface area (Å²) in [7, 11) is 0. The summed E-state index contributed by atoms with van der Waals surface area (Å²) >= 11 is 1.60. The van der Waals surface area contributed by atoms with Gasteiger partial charge in [-0.25, -0.2) is 4.79 Å². The minimum Gasteiger partial charge on any atom is -0.388 e. The van der Waals surface area contributed by atoms with Crippen molar-refractivity contribution in [3.8, 4) is 0 Å². The van der Waals surface area contributed by atoms with E-state index in [-0.39, 0.29) is 23.6 Å². The first-order valence-corrected chi connectivity index (χ1v) is 10.4. The molecule has 0 aliphatic carbocycles. The highest BCUT2D eigenvalue weighted by Crippen LogP contribution is 2.13. The van der Waals surface area contributed by atoms with Gasteiger partial charge in [0, 0.05) is 17.0 Å². The summed E-state index contributed by atoms with van der Waals surface area (Å²) in [5.41, 5.74) is 1.17. The van der Waals surface area contributed by atoms with E-state index in [4.69, 9.17) is 5.11 Å². The van der Waals surface area contributed by atoms with Crippen LogP contribution in [0.15, 0.2) is 75.6 Å². The highest BCUT2D eigenvalue weighted by molar-refractivity contribution is 7.09. The molecule has 152 valence electrons. The number of rotatable bonds is 7. The lowest BCUT2D eigenvalue weighted by Crippen LogP contribution is -2.40. The zero-order chi connectivity index (χ0) is 21.1. The fourth-order valence-electron chi connectivity index (χ4n) is 3.47. The topological polar surface area (TPSA) is 81.3 Å². The number of aromatic nitrogens is 2. The SMILES string of the molecule is O=C(CO)c1ccc(Cn2c(=O)n(CCc3cccs3)c(=O)c3ccccc32)cc1. The number of ketones is 1. The lowest BCUT2D eigenvalue weighted by molar-refractivity contribution is 0.0903. The lowest BCUT2D eigenvalue weighted by atomic mass is 10.1. The van der Waals surface area contributed by atoms with Gasteiger partial charge >= 0.3 is 5.69 Å². The number of hydrogen-bond donors (Lipinski definition) is 1. The van der Waals surface area contributed by atoms with Crippen LogP contribution in [0.2, 0.25) is 0 Å². The molecule has 30 heavy (non-hydrogen) atoms. The number of aliphatic hydroxyl groups is 1. The first-order chi connectivity index (χ1) is 14.6. The van der Waals surface area contributed by atoms with E-state index in [0.717, 1.165) is 10.4 Å². The summed E-state index contributed by atoms with van der Waals surface area (Å²) < 4.78 is 2.89. The first-order valence-electron chi connectivity index (χ1n) is 9.56. The van der Waals surface area contributed by atoms with E-state index in [0.29, 0.717) is 29.4 Å². The van der Waals surface area contributed by atoms with Crippen molar-refractivity contribution >= 4 is 28.0 Å². The number of carbonyl (C=O) groups is 1. The van der Waals surface area contributed by atoms with Crippen LogP contribution in [0.5, 0.6) is 0 Å². The van der Waals surface area contributed by atoms with E-state index in [1.54, 1.807) is 64.4 Å². The quantitative estimate of drug-likeness (QED) is 0.466. The van der Waals surface area contributed by atoms with Gasteiger partial charge in [0.05, 0.1) is 17.4 Å². The Balaban J connectivity index is 1.75. The molecule has 1 N–H and O–H groups in total. The van der Waals surface area contributed by atoms with Crippen LogP contribution in [0.4, 0.5) is 0 Å². The number of aliphatic hydroxyl groups excluding tert-OH is 1. The van der Waals surface area contributed by atoms with Crippen molar-refractivity contribution in [2.45, 2.75) is 19.5 Å². The summed E-state index contributed by atoms with van der Waals surface area (Å²) in [4.78, 5) is 38.9. The van der Waals surface area contributed by atoms with Crippen LogP contribution in [-0.2, 0) is 19.5 Å². The van der Waals surface area contributed by atoms with Crippen molar-refractivity contribution in [2.24, 2.45) is 0 Å². The standard InChI is InChI=1S/C23H20N2O4S/c26-15-21(27)17-9-7-16(8-10-17)14-25-20-6-2-1-5-19(20)22(28)24(23(25)29)12-11-18-4-3-13-30-18/h1-10,13,26H,11-12,14-15H2. The van der Waals surface area contributed by atoms with Gasteiger partial charge in [-0.05, 0) is 35.6 Å². The van der Waals surface area contributed by atoms with Crippen LogP contribution in [0.1, 0.15) is 20.8 Å². The molecule has 0 unspecified atom stereocenters. The minimum atomic E-state index is -0.543. The van der Waals surface area contributed by atoms with Gasteiger partial charge in [0.15, 0.2) is 5.78 Å². The third-order valence-corrected chi connectivity index (χ3v) is 5.99. The molecular formula is C23H20N2O4S. The number of hydrogen-bond acceptors (Lipinski definition) is 5.